The van der Waals surface area contributed by atoms with E-state index in [9.17, 15) is 9.59 Å². The van der Waals surface area contributed by atoms with Crippen LogP contribution in [0.25, 0.3) is 0 Å². The summed E-state index contributed by atoms with van der Waals surface area (Å²) >= 11 is 0. The molecule has 1 heterocycles. The van der Waals surface area contributed by atoms with E-state index < -0.39 is 6.04 Å². The average Bonchev–Trinajstić information content (AvgIpc) is 3.00. The molecule has 2 N–H and O–H groups in total. The van der Waals surface area contributed by atoms with E-state index in [0.29, 0.717) is 13.0 Å². The minimum Gasteiger partial charge on any atom is -0.368 e. The maximum atomic E-state index is 11.8. The Morgan fingerprint density at radius 3 is 2.64 bits per heavy atom. The van der Waals surface area contributed by atoms with Gasteiger partial charge in [0, 0.05) is 12.5 Å². The average molecular weight is 195 g/mol. The number of hydrogen-bond donors (Lipinski definition) is 1. The Balaban J connectivity index is 2.05. The van der Waals surface area contributed by atoms with Crippen LogP contribution in [0.3, 0.4) is 0 Å². The molecular formula is C10H15N2O2. The van der Waals surface area contributed by atoms with Crippen LogP contribution in [0.15, 0.2) is 0 Å². The zero-order valence-electron chi connectivity index (χ0n) is 8.11. The van der Waals surface area contributed by atoms with Crippen molar-refractivity contribution in [3.8, 4) is 0 Å². The summed E-state index contributed by atoms with van der Waals surface area (Å²) in [6.45, 7) is 0.656. The van der Waals surface area contributed by atoms with Gasteiger partial charge in [0.05, 0.1) is 0 Å². The molecule has 14 heavy (non-hydrogen) atoms. The number of piperidine rings is 1. The van der Waals surface area contributed by atoms with Gasteiger partial charge in [0.15, 0.2) is 0 Å². The summed E-state index contributed by atoms with van der Waals surface area (Å²) in [5.41, 5.74) is 5.26. The number of carbonyl (C=O) groups is 2. The first kappa shape index (κ1) is 9.49. The Kier molecular flexibility index (Phi) is 2.44. The molecule has 4 nitrogen and oxygen atoms in total. The quantitative estimate of drug-likeness (QED) is 0.678. The molecule has 2 aliphatic rings. The summed E-state index contributed by atoms with van der Waals surface area (Å²) in [7, 11) is 0. The van der Waals surface area contributed by atoms with Gasteiger partial charge < -0.3 is 10.6 Å². The number of carbonyl (C=O) groups excluding carboxylic acids is 2. The standard InChI is InChI=1S/C10H15N2O2/c11-9(13)8-3-1-2-6-12(8)10(14)7-4-5-7/h1,7-8H,2-6H2,(H2,11,13). The van der Waals surface area contributed by atoms with Gasteiger partial charge in [0.1, 0.15) is 6.04 Å². The molecular weight excluding hydrogens is 180 g/mol. The maximum absolute atomic E-state index is 11.8. The minimum absolute atomic E-state index is 0.127. The smallest absolute Gasteiger partial charge is 0.240 e. The lowest BCUT2D eigenvalue weighted by molar-refractivity contribution is -0.141. The number of amides is 2. The third-order valence-electron chi connectivity index (χ3n) is 2.88. The summed E-state index contributed by atoms with van der Waals surface area (Å²) < 4.78 is 0. The van der Waals surface area contributed by atoms with Crippen LogP contribution in [-0.2, 0) is 9.59 Å². The summed E-state index contributed by atoms with van der Waals surface area (Å²) in [6.07, 6.45) is 5.48. The van der Waals surface area contributed by atoms with Crippen molar-refractivity contribution in [3.63, 3.8) is 0 Å². The van der Waals surface area contributed by atoms with Gasteiger partial charge in [0.2, 0.25) is 11.8 Å². The van der Waals surface area contributed by atoms with Crippen molar-refractivity contribution >= 4 is 11.8 Å². The van der Waals surface area contributed by atoms with Crippen LogP contribution >= 0.6 is 0 Å². The van der Waals surface area contributed by atoms with Gasteiger partial charge in [-0.05, 0) is 32.1 Å². The highest BCUT2D eigenvalue weighted by Crippen LogP contribution is 2.33. The lowest BCUT2D eigenvalue weighted by atomic mass is 10.0. The highest BCUT2D eigenvalue weighted by atomic mass is 16.2. The Bertz CT molecular complexity index is 261. The molecule has 4 heteroatoms. The van der Waals surface area contributed by atoms with Crippen molar-refractivity contribution in [3.05, 3.63) is 6.42 Å². The topological polar surface area (TPSA) is 63.4 Å². The van der Waals surface area contributed by atoms with Crippen LogP contribution in [0.1, 0.15) is 25.7 Å². The third-order valence-corrected chi connectivity index (χ3v) is 2.88. The van der Waals surface area contributed by atoms with Gasteiger partial charge in [0.25, 0.3) is 0 Å². The second kappa shape index (κ2) is 3.59. The molecule has 1 unspecified atom stereocenters. The Hall–Kier alpha value is -1.06. The SMILES string of the molecule is NC(=O)C1C[CH]CCN1C(=O)C1CC1. The fourth-order valence-electron chi connectivity index (χ4n) is 1.89. The van der Waals surface area contributed by atoms with Crippen LogP contribution < -0.4 is 5.73 Å². The molecule has 1 saturated carbocycles. The molecule has 0 aromatic rings. The van der Waals surface area contributed by atoms with E-state index in [1.54, 1.807) is 4.90 Å². The van der Waals surface area contributed by atoms with E-state index in [0.717, 1.165) is 19.3 Å². The van der Waals surface area contributed by atoms with E-state index >= 15 is 0 Å². The van der Waals surface area contributed by atoms with Crippen molar-refractivity contribution in [1.82, 2.24) is 4.90 Å². The second-order valence-corrected chi connectivity index (χ2v) is 4.04. The number of hydrogen-bond acceptors (Lipinski definition) is 2. The molecule has 0 bridgehead atoms. The van der Waals surface area contributed by atoms with Gasteiger partial charge >= 0.3 is 0 Å². The molecule has 1 atom stereocenters. The third kappa shape index (κ3) is 1.74. The van der Waals surface area contributed by atoms with Gasteiger partial charge in [-0.3, -0.25) is 9.59 Å². The first-order valence-corrected chi connectivity index (χ1v) is 5.11. The molecule has 0 aromatic heterocycles. The lowest BCUT2D eigenvalue weighted by Crippen LogP contribution is -2.51. The van der Waals surface area contributed by atoms with E-state index in [-0.39, 0.29) is 17.7 Å². The highest BCUT2D eigenvalue weighted by molar-refractivity contribution is 5.88. The zero-order valence-corrected chi connectivity index (χ0v) is 8.11. The zero-order chi connectivity index (χ0) is 10.1. The van der Waals surface area contributed by atoms with Gasteiger partial charge in [-0.25, -0.2) is 0 Å². The van der Waals surface area contributed by atoms with Gasteiger partial charge in [-0.2, -0.15) is 0 Å². The maximum Gasteiger partial charge on any atom is 0.240 e. The molecule has 2 amide bonds. The fourth-order valence-corrected chi connectivity index (χ4v) is 1.89. The normalized spacial score (nSPS) is 27.4. The fraction of sp³-hybridized carbons (Fsp3) is 0.700. The predicted octanol–water partition coefficient (Wildman–Crippen LogP) is 0.0770. The number of primary amides is 1. The largest absolute Gasteiger partial charge is 0.368 e. The summed E-state index contributed by atoms with van der Waals surface area (Å²) in [5, 5.41) is 0. The van der Waals surface area contributed by atoms with E-state index in [2.05, 4.69) is 0 Å². The van der Waals surface area contributed by atoms with Gasteiger partial charge in [-0.1, -0.05) is 0 Å². The molecule has 1 aliphatic carbocycles. The van der Waals surface area contributed by atoms with E-state index in [4.69, 9.17) is 5.73 Å². The van der Waals surface area contributed by atoms with Crippen LogP contribution in [-0.4, -0.2) is 29.3 Å². The van der Waals surface area contributed by atoms with Gasteiger partial charge in [-0.15, -0.1) is 0 Å². The van der Waals surface area contributed by atoms with E-state index in [1.165, 1.54) is 0 Å². The molecule has 1 radical (unpaired) electrons. The van der Waals surface area contributed by atoms with Crippen molar-refractivity contribution < 1.29 is 9.59 Å². The van der Waals surface area contributed by atoms with Crippen molar-refractivity contribution in [2.24, 2.45) is 11.7 Å². The predicted molar refractivity (Wildman–Crippen MR) is 51.0 cm³/mol. The molecule has 0 aromatic carbocycles. The van der Waals surface area contributed by atoms with Crippen molar-refractivity contribution in [2.75, 3.05) is 6.54 Å². The molecule has 2 rings (SSSR count). The molecule has 1 aliphatic heterocycles. The second-order valence-electron chi connectivity index (χ2n) is 4.04. The minimum atomic E-state index is -0.392. The molecule has 77 valence electrons. The number of likely N-dealkylation sites (tertiary alicyclic amines) is 1. The van der Waals surface area contributed by atoms with Crippen LogP contribution in [0.4, 0.5) is 0 Å². The first-order valence-electron chi connectivity index (χ1n) is 5.11. The number of rotatable bonds is 2. The van der Waals surface area contributed by atoms with Crippen molar-refractivity contribution in [1.29, 1.82) is 0 Å². The first-order chi connectivity index (χ1) is 6.70. The molecule has 2 fully saturated rings. The molecule has 0 spiro atoms. The number of nitrogens with zero attached hydrogens (tertiary/aromatic N) is 1. The van der Waals surface area contributed by atoms with E-state index in [1.807, 2.05) is 6.42 Å². The Morgan fingerprint density at radius 1 is 1.36 bits per heavy atom. The van der Waals surface area contributed by atoms with Crippen LogP contribution in [0.2, 0.25) is 0 Å². The summed E-state index contributed by atoms with van der Waals surface area (Å²) in [5.74, 6) is -0.0770. The van der Waals surface area contributed by atoms with Crippen LogP contribution in [0.5, 0.6) is 0 Å². The lowest BCUT2D eigenvalue weighted by Gasteiger charge is -2.33. The summed E-state index contributed by atoms with van der Waals surface area (Å²) in [6, 6.07) is -0.392. The Labute approximate surface area is 83.4 Å². The Morgan fingerprint density at radius 2 is 2.07 bits per heavy atom. The van der Waals surface area contributed by atoms with Crippen molar-refractivity contribution in [2.45, 2.75) is 31.7 Å². The number of nitrogens with two attached hydrogens (primary N) is 1. The molecule has 1 saturated heterocycles. The highest BCUT2D eigenvalue weighted by Gasteiger charge is 2.38. The monoisotopic (exact) mass is 195 g/mol. The summed E-state index contributed by atoms with van der Waals surface area (Å²) in [4.78, 5) is 24.6. The van der Waals surface area contributed by atoms with Crippen LogP contribution in [0, 0.1) is 12.3 Å².